The molecule has 19 heavy (non-hydrogen) atoms. The highest BCUT2D eigenvalue weighted by Gasteiger charge is 2.08. The van der Waals surface area contributed by atoms with Gasteiger partial charge >= 0.3 is 0 Å². The maximum Gasteiger partial charge on any atom is 0.261 e. The van der Waals surface area contributed by atoms with Crippen molar-refractivity contribution in [3.05, 3.63) is 23.4 Å². The van der Waals surface area contributed by atoms with Crippen molar-refractivity contribution in [2.24, 2.45) is 0 Å². The van der Waals surface area contributed by atoms with Crippen molar-refractivity contribution in [2.45, 2.75) is 13.3 Å². The molecule has 0 saturated carbocycles. The first-order chi connectivity index (χ1) is 9.02. The number of hydrogen-bond acceptors (Lipinski definition) is 4. The highest BCUT2D eigenvalue weighted by molar-refractivity contribution is 5.94. The predicted octanol–water partition coefficient (Wildman–Crippen LogP) is 1.44. The first-order valence-corrected chi connectivity index (χ1v) is 5.83. The number of anilines is 1. The number of aromatic nitrogens is 1. The molecule has 0 unspecified atom stereocenters. The van der Waals surface area contributed by atoms with Crippen LogP contribution >= 0.6 is 0 Å². The molecule has 106 valence electrons. The zero-order valence-electron chi connectivity index (χ0n) is 10.9. The lowest BCUT2D eigenvalue weighted by atomic mass is 10.2. The molecule has 1 heterocycles. The monoisotopic (exact) mass is 273 g/mol. The Balaban J connectivity index is 2.43. The van der Waals surface area contributed by atoms with Gasteiger partial charge in [-0.15, -0.1) is 0 Å². The number of carbonyl (C=O) groups is 1. The zero-order valence-corrected chi connectivity index (χ0v) is 10.9. The number of rotatable bonds is 7. The Kier molecular flexibility index (Phi) is 6.14. The van der Waals surface area contributed by atoms with Crippen molar-refractivity contribution in [1.29, 1.82) is 0 Å². The minimum Gasteiger partial charge on any atom is -0.374 e. The Morgan fingerprint density at radius 1 is 1.47 bits per heavy atom. The molecule has 1 aromatic heterocycles. The SMILES string of the molecule is CNc1cc(C(=O)NCCOCC(F)F)cc(C)n1. The molecule has 0 aromatic carbocycles. The second-order valence-corrected chi connectivity index (χ2v) is 3.85. The Morgan fingerprint density at radius 2 is 2.21 bits per heavy atom. The number of nitrogens with one attached hydrogen (secondary N) is 2. The highest BCUT2D eigenvalue weighted by atomic mass is 19.3. The van der Waals surface area contributed by atoms with E-state index in [0.29, 0.717) is 17.1 Å². The number of carbonyl (C=O) groups excluding carboxylic acids is 1. The summed E-state index contributed by atoms with van der Waals surface area (Å²) in [6.45, 7) is 1.40. The standard InChI is InChI=1S/C12H17F2N3O2/c1-8-5-9(6-11(15-2)17-8)12(18)16-3-4-19-7-10(13)14/h5-6,10H,3-4,7H2,1-2H3,(H,15,17)(H,16,18). The molecule has 1 rings (SSSR count). The minimum atomic E-state index is -2.49. The van der Waals surface area contributed by atoms with Gasteiger partial charge in [-0.3, -0.25) is 4.79 Å². The quantitative estimate of drug-likeness (QED) is 0.738. The Morgan fingerprint density at radius 3 is 2.84 bits per heavy atom. The topological polar surface area (TPSA) is 63.2 Å². The number of halogens is 2. The van der Waals surface area contributed by atoms with E-state index in [1.807, 2.05) is 0 Å². The smallest absolute Gasteiger partial charge is 0.261 e. The summed E-state index contributed by atoms with van der Waals surface area (Å²) in [5.74, 6) is 0.307. The zero-order chi connectivity index (χ0) is 14.3. The van der Waals surface area contributed by atoms with Gasteiger partial charge in [0.15, 0.2) is 0 Å². The van der Waals surface area contributed by atoms with E-state index in [9.17, 15) is 13.6 Å². The molecule has 0 fully saturated rings. The van der Waals surface area contributed by atoms with Crippen LogP contribution in [-0.4, -0.2) is 44.1 Å². The molecule has 0 atom stereocenters. The van der Waals surface area contributed by atoms with E-state index in [0.717, 1.165) is 0 Å². The Labute approximate surface area is 110 Å². The van der Waals surface area contributed by atoms with E-state index in [4.69, 9.17) is 0 Å². The molecule has 2 N–H and O–H groups in total. The molecular formula is C12H17F2N3O2. The fourth-order valence-electron chi connectivity index (χ4n) is 1.44. The van der Waals surface area contributed by atoms with Crippen LogP contribution in [0.4, 0.5) is 14.6 Å². The lowest BCUT2D eigenvalue weighted by molar-refractivity contribution is 0.0188. The van der Waals surface area contributed by atoms with Gasteiger partial charge in [-0.2, -0.15) is 0 Å². The second-order valence-electron chi connectivity index (χ2n) is 3.85. The van der Waals surface area contributed by atoms with Crippen LogP contribution in [0, 0.1) is 6.92 Å². The molecule has 0 aliphatic heterocycles. The van der Waals surface area contributed by atoms with Crippen LogP contribution in [-0.2, 0) is 4.74 Å². The minimum absolute atomic E-state index is 0.0546. The predicted molar refractivity (Wildman–Crippen MR) is 67.7 cm³/mol. The van der Waals surface area contributed by atoms with Crippen LogP contribution in [0.15, 0.2) is 12.1 Å². The van der Waals surface area contributed by atoms with E-state index in [2.05, 4.69) is 20.4 Å². The number of pyridine rings is 1. The van der Waals surface area contributed by atoms with Crippen LogP contribution in [0.2, 0.25) is 0 Å². The fraction of sp³-hybridized carbons (Fsp3) is 0.500. The summed E-state index contributed by atoms with van der Waals surface area (Å²) in [6.07, 6.45) is -2.49. The van der Waals surface area contributed by atoms with Crippen molar-refractivity contribution in [2.75, 3.05) is 32.1 Å². The van der Waals surface area contributed by atoms with E-state index in [1.54, 1.807) is 26.1 Å². The first-order valence-electron chi connectivity index (χ1n) is 5.83. The summed E-state index contributed by atoms with van der Waals surface area (Å²) in [6, 6.07) is 3.26. The Hall–Kier alpha value is -1.76. The molecule has 1 amide bonds. The molecule has 0 spiro atoms. The summed E-state index contributed by atoms with van der Waals surface area (Å²) >= 11 is 0. The highest BCUT2D eigenvalue weighted by Crippen LogP contribution is 2.09. The maximum absolute atomic E-state index is 11.8. The molecule has 0 aliphatic carbocycles. The van der Waals surface area contributed by atoms with Crippen LogP contribution in [0.3, 0.4) is 0 Å². The van der Waals surface area contributed by atoms with Gasteiger partial charge < -0.3 is 15.4 Å². The number of ether oxygens (including phenoxy) is 1. The van der Waals surface area contributed by atoms with Gasteiger partial charge in [0.05, 0.1) is 6.61 Å². The van der Waals surface area contributed by atoms with Gasteiger partial charge in [-0.25, -0.2) is 13.8 Å². The third-order valence-corrected chi connectivity index (χ3v) is 2.25. The fourth-order valence-corrected chi connectivity index (χ4v) is 1.44. The molecule has 7 heteroatoms. The van der Waals surface area contributed by atoms with Crippen molar-refractivity contribution in [3.8, 4) is 0 Å². The van der Waals surface area contributed by atoms with Crippen molar-refractivity contribution in [3.63, 3.8) is 0 Å². The lowest BCUT2D eigenvalue weighted by Gasteiger charge is -2.08. The number of aryl methyl sites for hydroxylation is 1. The van der Waals surface area contributed by atoms with Gasteiger partial charge in [0, 0.05) is 24.8 Å². The number of nitrogens with zero attached hydrogens (tertiary/aromatic N) is 1. The molecular weight excluding hydrogens is 256 g/mol. The molecule has 1 aromatic rings. The third-order valence-electron chi connectivity index (χ3n) is 2.25. The van der Waals surface area contributed by atoms with Gasteiger partial charge in [0.25, 0.3) is 12.3 Å². The van der Waals surface area contributed by atoms with Crippen LogP contribution in [0.25, 0.3) is 0 Å². The summed E-state index contributed by atoms with van der Waals surface area (Å²) in [5.41, 5.74) is 1.18. The normalized spacial score (nSPS) is 10.6. The molecule has 0 aliphatic rings. The second kappa shape index (κ2) is 7.63. The molecule has 0 saturated heterocycles. The molecule has 5 nitrogen and oxygen atoms in total. The van der Waals surface area contributed by atoms with Crippen LogP contribution in [0.5, 0.6) is 0 Å². The van der Waals surface area contributed by atoms with Gasteiger partial charge in [0.2, 0.25) is 0 Å². The largest absolute Gasteiger partial charge is 0.374 e. The average Bonchev–Trinajstić information content (AvgIpc) is 2.36. The molecule has 0 radical (unpaired) electrons. The summed E-state index contributed by atoms with van der Waals surface area (Å²) in [5, 5.41) is 5.44. The van der Waals surface area contributed by atoms with E-state index in [-0.39, 0.29) is 19.1 Å². The Bertz CT molecular complexity index is 427. The van der Waals surface area contributed by atoms with E-state index in [1.165, 1.54) is 0 Å². The van der Waals surface area contributed by atoms with E-state index < -0.39 is 13.0 Å². The molecule has 0 bridgehead atoms. The number of amides is 1. The summed E-state index contributed by atoms with van der Waals surface area (Å²) in [4.78, 5) is 16.0. The number of alkyl halides is 2. The van der Waals surface area contributed by atoms with Crippen LogP contribution in [0.1, 0.15) is 16.1 Å². The van der Waals surface area contributed by atoms with Crippen molar-refractivity contribution in [1.82, 2.24) is 10.3 Å². The average molecular weight is 273 g/mol. The number of hydrogen-bond donors (Lipinski definition) is 2. The van der Waals surface area contributed by atoms with Gasteiger partial charge in [0.1, 0.15) is 12.4 Å². The van der Waals surface area contributed by atoms with Gasteiger partial charge in [-0.05, 0) is 19.1 Å². The summed E-state index contributed by atoms with van der Waals surface area (Å²) < 4.78 is 28.2. The summed E-state index contributed by atoms with van der Waals surface area (Å²) in [7, 11) is 1.71. The van der Waals surface area contributed by atoms with E-state index >= 15 is 0 Å². The lowest BCUT2D eigenvalue weighted by Crippen LogP contribution is -2.28. The first kappa shape index (κ1) is 15.3. The van der Waals surface area contributed by atoms with Crippen molar-refractivity contribution < 1.29 is 18.3 Å². The van der Waals surface area contributed by atoms with Gasteiger partial charge in [-0.1, -0.05) is 0 Å². The third kappa shape index (κ3) is 5.60. The maximum atomic E-state index is 11.8. The van der Waals surface area contributed by atoms with Crippen molar-refractivity contribution >= 4 is 11.7 Å². The van der Waals surface area contributed by atoms with Crippen LogP contribution < -0.4 is 10.6 Å².